The average molecular weight is 326 g/mol. The molecule has 0 spiro atoms. The van der Waals surface area contributed by atoms with E-state index in [1.807, 2.05) is 56.3 Å². The molecule has 3 nitrogen and oxygen atoms in total. The highest BCUT2D eigenvalue weighted by atomic mass is 16.4. The van der Waals surface area contributed by atoms with Crippen LogP contribution in [0.3, 0.4) is 0 Å². The number of Topliss-reactive ketones (excluding diaryl/α,β-unsaturated/α-hetero) is 1. The van der Waals surface area contributed by atoms with Gasteiger partial charge in [0.1, 0.15) is 0 Å². The van der Waals surface area contributed by atoms with Crippen molar-refractivity contribution in [1.82, 2.24) is 0 Å². The van der Waals surface area contributed by atoms with Gasteiger partial charge in [0.05, 0.1) is 5.92 Å². The highest BCUT2D eigenvalue weighted by Gasteiger charge is 2.38. The summed E-state index contributed by atoms with van der Waals surface area (Å²) in [7, 11) is 0. The molecule has 0 aliphatic rings. The lowest BCUT2D eigenvalue weighted by Gasteiger charge is -2.27. The number of aliphatic carboxylic acids is 1. The molecule has 0 aliphatic heterocycles. The quantitative estimate of drug-likeness (QED) is 0.758. The molecule has 0 aromatic heterocycles. The smallest absolute Gasteiger partial charge is 0.307 e. The lowest BCUT2D eigenvalue weighted by atomic mass is 9.74. The molecule has 0 saturated heterocycles. The second-order valence-electron chi connectivity index (χ2n) is 6.05. The normalized spacial score (nSPS) is 11.9. The van der Waals surface area contributed by atoms with Crippen molar-refractivity contribution in [2.45, 2.75) is 34.6 Å². The number of carbonyl (C=O) groups is 2. The molecule has 0 fully saturated rings. The zero-order valence-corrected chi connectivity index (χ0v) is 15.0. The molecule has 0 saturated carbocycles. The van der Waals surface area contributed by atoms with Gasteiger partial charge in [-0.15, -0.1) is 0 Å². The first kappa shape index (κ1) is 19.6. The Balaban J connectivity index is 0.00000139. The third-order valence-corrected chi connectivity index (χ3v) is 4.29. The summed E-state index contributed by atoms with van der Waals surface area (Å²) in [6, 6.07) is 17.2. The Labute approximate surface area is 144 Å². The van der Waals surface area contributed by atoms with Gasteiger partial charge in [0.2, 0.25) is 0 Å². The predicted octanol–water partition coefficient (Wildman–Crippen LogP) is 5.31. The summed E-state index contributed by atoms with van der Waals surface area (Å²) in [5, 5.41) is 9.15. The van der Waals surface area contributed by atoms with E-state index in [0.29, 0.717) is 5.56 Å². The van der Waals surface area contributed by atoms with E-state index < -0.39 is 17.3 Å². The van der Waals surface area contributed by atoms with Gasteiger partial charge in [0.15, 0.2) is 5.78 Å². The van der Waals surface area contributed by atoms with Gasteiger partial charge in [-0.25, -0.2) is 0 Å². The lowest BCUT2D eigenvalue weighted by Crippen LogP contribution is -2.36. The lowest BCUT2D eigenvalue weighted by molar-refractivity contribution is -0.144. The molecular formula is C21H26O3. The molecule has 0 bridgehead atoms. The van der Waals surface area contributed by atoms with Crippen LogP contribution in [-0.2, 0) is 4.79 Å². The van der Waals surface area contributed by atoms with E-state index in [2.05, 4.69) is 0 Å². The molecule has 1 N–H and O–H groups in total. The average Bonchev–Trinajstić information content (AvgIpc) is 2.62. The number of hydrogen-bond acceptors (Lipinski definition) is 2. The second kappa shape index (κ2) is 8.44. The largest absolute Gasteiger partial charge is 0.481 e. The van der Waals surface area contributed by atoms with Crippen LogP contribution in [-0.4, -0.2) is 16.9 Å². The van der Waals surface area contributed by atoms with Crippen molar-refractivity contribution in [3.63, 3.8) is 0 Å². The molecular weight excluding hydrogens is 300 g/mol. The first-order valence-electron chi connectivity index (χ1n) is 8.27. The van der Waals surface area contributed by atoms with Gasteiger partial charge in [0.25, 0.3) is 0 Å². The minimum Gasteiger partial charge on any atom is -0.481 e. The maximum Gasteiger partial charge on any atom is 0.307 e. The highest BCUT2D eigenvalue weighted by Crippen LogP contribution is 2.32. The van der Waals surface area contributed by atoms with Crippen molar-refractivity contribution in [2.75, 3.05) is 0 Å². The number of hydrogen-bond donors (Lipinski definition) is 1. The summed E-state index contributed by atoms with van der Waals surface area (Å²) < 4.78 is 0. The fourth-order valence-corrected chi connectivity index (χ4v) is 2.32. The summed E-state index contributed by atoms with van der Waals surface area (Å²) >= 11 is 0. The van der Waals surface area contributed by atoms with Gasteiger partial charge in [-0.3, -0.25) is 9.59 Å². The topological polar surface area (TPSA) is 54.4 Å². The number of carboxylic acids is 1. The number of rotatable bonds is 5. The van der Waals surface area contributed by atoms with Crippen molar-refractivity contribution in [3.8, 4) is 11.1 Å². The Bertz CT molecular complexity index is 670. The van der Waals surface area contributed by atoms with E-state index in [1.54, 1.807) is 32.9 Å². The zero-order chi connectivity index (χ0) is 18.3. The molecule has 0 unspecified atom stereocenters. The summed E-state index contributed by atoms with van der Waals surface area (Å²) in [4.78, 5) is 23.8. The van der Waals surface area contributed by atoms with Gasteiger partial charge >= 0.3 is 5.97 Å². The number of carboxylic acid groups (broad SMARTS) is 1. The molecule has 24 heavy (non-hydrogen) atoms. The van der Waals surface area contributed by atoms with Crippen molar-refractivity contribution in [1.29, 1.82) is 0 Å². The van der Waals surface area contributed by atoms with E-state index in [9.17, 15) is 9.59 Å². The predicted molar refractivity (Wildman–Crippen MR) is 98.1 cm³/mol. The SMILES string of the molecule is CC.C[C@H](C(=O)O)C(C)(C)C(=O)c1ccc(-c2ccccc2)cc1. The molecule has 2 aromatic carbocycles. The van der Waals surface area contributed by atoms with E-state index in [4.69, 9.17) is 5.11 Å². The first-order chi connectivity index (χ1) is 11.3. The van der Waals surface area contributed by atoms with Crippen LogP contribution in [0.5, 0.6) is 0 Å². The standard InChI is InChI=1S/C19H20O3.C2H6/c1-13(18(21)22)19(2,3)17(20)16-11-9-15(10-12-16)14-7-5-4-6-8-14;1-2/h4-13H,1-3H3,(H,21,22);1-2H3/t13-;/m1./s1. The summed E-state index contributed by atoms with van der Waals surface area (Å²) in [6.07, 6.45) is 0. The van der Waals surface area contributed by atoms with Gasteiger partial charge in [-0.2, -0.15) is 0 Å². The Morgan fingerprint density at radius 3 is 1.79 bits per heavy atom. The van der Waals surface area contributed by atoms with E-state index in [1.165, 1.54) is 0 Å². The van der Waals surface area contributed by atoms with Gasteiger partial charge < -0.3 is 5.11 Å². The number of ketones is 1. The van der Waals surface area contributed by atoms with Crippen molar-refractivity contribution in [2.24, 2.45) is 11.3 Å². The maximum absolute atomic E-state index is 12.6. The summed E-state index contributed by atoms with van der Waals surface area (Å²) in [5.41, 5.74) is 1.71. The van der Waals surface area contributed by atoms with Crippen molar-refractivity contribution in [3.05, 3.63) is 60.2 Å². The molecule has 128 valence electrons. The van der Waals surface area contributed by atoms with Crippen LogP contribution < -0.4 is 0 Å². The van der Waals surface area contributed by atoms with E-state index in [0.717, 1.165) is 11.1 Å². The second-order valence-corrected chi connectivity index (χ2v) is 6.05. The van der Waals surface area contributed by atoms with Crippen LogP contribution in [0.2, 0.25) is 0 Å². The molecule has 3 heteroatoms. The molecule has 0 aliphatic carbocycles. The van der Waals surface area contributed by atoms with Crippen molar-refractivity contribution >= 4 is 11.8 Å². The van der Waals surface area contributed by atoms with Crippen LogP contribution in [0.1, 0.15) is 45.0 Å². The monoisotopic (exact) mass is 326 g/mol. The molecule has 1 atom stereocenters. The molecule has 0 radical (unpaired) electrons. The summed E-state index contributed by atoms with van der Waals surface area (Å²) in [6.45, 7) is 8.93. The fraction of sp³-hybridized carbons (Fsp3) is 0.333. The summed E-state index contributed by atoms with van der Waals surface area (Å²) in [5.74, 6) is -1.85. The van der Waals surface area contributed by atoms with Gasteiger partial charge in [0, 0.05) is 11.0 Å². The van der Waals surface area contributed by atoms with E-state index in [-0.39, 0.29) is 5.78 Å². The minimum absolute atomic E-state index is 0.151. The Kier molecular flexibility index (Phi) is 6.90. The van der Waals surface area contributed by atoms with Crippen molar-refractivity contribution < 1.29 is 14.7 Å². The highest BCUT2D eigenvalue weighted by molar-refractivity contribution is 6.02. The number of carbonyl (C=O) groups excluding carboxylic acids is 1. The molecule has 2 rings (SSSR count). The van der Waals surface area contributed by atoms with Gasteiger partial charge in [-0.1, -0.05) is 89.2 Å². The van der Waals surface area contributed by atoms with Crippen LogP contribution in [0, 0.1) is 11.3 Å². The molecule has 0 amide bonds. The van der Waals surface area contributed by atoms with Gasteiger partial charge in [-0.05, 0) is 11.1 Å². The Morgan fingerprint density at radius 1 is 0.875 bits per heavy atom. The fourth-order valence-electron chi connectivity index (χ4n) is 2.32. The third-order valence-electron chi connectivity index (χ3n) is 4.29. The van der Waals surface area contributed by atoms with Crippen LogP contribution in [0.25, 0.3) is 11.1 Å². The molecule has 2 aromatic rings. The Morgan fingerprint density at radius 2 is 1.33 bits per heavy atom. The number of benzene rings is 2. The Hall–Kier alpha value is -2.42. The maximum atomic E-state index is 12.6. The first-order valence-corrected chi connectivity index (χ1v) is 8.27. The van der Waals surface area contributed by atoms with E-state index >= 15 is 0 Å². The van der Waals surface area contributed by atoms with Crippen LogP contribution in [0.15, 0.2) is 54.6 Å². The zero-order valence-electron chi connectivity index (χ0n) is 15.0. The van der Waals surface area contributed by atoms with Crippen LogP contribution in [0.4, 0.5) is 0 Å². The minimum atomic E-state index is -0.959. The third kappa shape index (κ3) is 4.31. The molecule has 0 heterocycles. The van der Waals surface area contributed by atoms with Crippen LogP contribution >= 0.6 is 0 Å².